The number of pyridine rings is 1. The first-order valence-corrected chi connectivity index (χ1v) is 7.94. The van der Waals surface area contributed by atoms with Crippen molar-refractivity contribution in [3.05, 3.63) is 24.0 Å². The Labute approximate surface area is 150 Å². The molecular formula is C16H26Cl2N4O. The number of nitrogens with zero attached hydrogens (tertiary/aromatic N) is 3. The van der Waals surface area contributed by atoms with Crippen LogP contribution < -0.4 is 5.73 Å². The number of carbonyl (C=O) groups excluding carboxylic acids is 1. The number of anilines is 1. The summed E-state index contributed by atoms with van der Waals surface area (Å²) < 4.78 is 0. The second-order valence-electron chi connectivity index (χ2n) is 6.14. The lowest BCUT2D eigenvalue weighted by Crippen LogP contribution is -2.41. The summed E-state index contributed by atoms with van der Waals surface area (Å²) in [5.74, 6) is 0.187. The Morgan fingerprint density at radius 2 is 1.91 bits per heavy atom. The summed E-state index contributed by atoms with van der Waals surface area (Å²) in [6, 6.07) is 4.20. The molecule has 1 unspecified atom stereocenters. The van der Waals surface area contributed by atoms with E-state index in [0.717, 1.165) is 25.2 Å². The first-order chi connectivity index (χ1) is 10.2. The fourth-order valence-corrected chi connectivity index (χ4v) is 3.36. The third kappa shape index (κ3) is 5.23. The van der Waals surface area contributed by atoms with Crippen molar-refractivity contribution < 1.29 is 4.79 Å². The smallest absolute Gasteiger partial charge is 0.228 e. The van der Waals surface area contributed by atoms with Gasteiger partial charge in [0.05, 0.1) is 18.3 Å². The number of hydrogen-bond acceptors (Lipinski definition) is 4. The van der Waals surface area contributed by atoms with Crippen molar-refractivity contribution in [3.8, 4) is 0 Å². The van der Waals surface area contributed by atoms with E-state index in [2.05, 4.69) is 9.88 Å². The molecule has 5 nitrogen and oxygen atoms in total. The molecule has 2 aliphatic rings. The van der Waals surface area contributed by atoms with Gasteiger partial charge in [-0.25, -0.2) is 0 Å². The fourth-order valence-electron chi connectivity index (χ4n) is 3.36. The highest BCUT2D eigenvalue weighted by atomic mass is 35.5. The van der Waals surface area contributed by atoms with Crippen molar-refractivity contribution in [2.45, 2.75) is 38.1 Å². The molecule has 7 heteroatoms. The lowest BCUT2D eigenvalue weighted by molar-refractivity contribution is -0.129. The van der Waals surface area contributed by atoms with Gasteiger partial charge in [0.2, 0.25) is 5.91 Å². The molecule has 0 aliphatic carbocycles. The third-order valence-electron chi connectivity index (χ3n) is 4.60. The Morgan fingerprint density at radius 1 is 1.17 bits per heavy atom. The minimum Gasteiger partial charge on any atom is -0.397 e. The van der Waals surface area contributed by atoms with E-state index in [1.807, 2.05) is 11.0 Å². The summed E-state index contributed by atoms with van der Waals surface area (Å²) in [5.41, 5.74) is 7.06. The monoisotopic (exact) mass is 360 g/mol. The van der Waals surface area contributed by atoms with Gasteiger partial charge >= 0.3 is 0 Å². The van der Waals surface area contributed by atoms with Gasteiger partial charge in [0.1, 0.15) is 0 Å². The lowest BCUT2D eigenvalue weighted by atomic mass is 10.1. The van der Waals surface area contributed by atoms with Crippen LogP contribution in [0.25, 0.3) is 0 Å². The number of amides is 1. The lowest BCUT2D eigenvalue weighted by Gasteiger charge is -2.32. The van der Waals surface area contributed by atoms with Gasteiger partial charge in [0, 0.05) is 24.8 Å². The molecule has 0 saturated carbocycles. The van der Waals surface area contributed by atoms with Gasteiger partial charge in [-0.15, -0.1) is 24.8 Å². The van der Waals surface area contributed by atoms with Crippen LogP contribution in [0.2, 0.25) is 0 Å². The molecule has 0 aromatic carbocycles. The quantitative estimate of drug-likeness (QED) is 0.896. The highest BCUT2D eigenvalue weighted by molar-refractivity contribution is 5.85. The topological polar surface area (TPSA) is 62.5 Å². The van der Waals surface area contributed by atoms with Gasteiger partial charge in [-0.2, -0.15) is 0 Å². The van der Waals surface area contributed by atoms with Crippen molar-refractivity contribution in [1.82, 2.24) is 14.8 Å². The van der Waals surface area contributed by atoms with E-state index in [1.165, 1.54) is 32.4 Å². The summed E-state index contributed by atoms with van der Waals surface area (Å²) in [5, 5.41) is 0. The molecule has 130 valence electrons. The first kappa shape index (κ1) is 20.0. The van der Waals surface area contributed by atoms with E-state index in [4.69, 9.17) is 5.73 Å². The van der Waals surface area contributed by atoms with Crippen LogP contribution in [0.3, 0.4) is 0 Å². The molecule has 23 heavy (non-hydrogen) atoms. The molecule has 2 fully saturated rings. The van der Waals surface area contributed by atoms with Crippen LogP contribution >= 0.6 is 24.8 Å². The molecule has 0 radical (unpaired) electrons. The predicted molar refractivity (Wildman–Crippen MR) is 97.3 cm³/mol. The van der Waals surface area contributed by atoms with E-state index < -0.39 is 0 Å². The van der Waals surface area contributed by atoms with Gasteiger partial charge in [-0.1, -0.05) is 6.42 Å². The maximum absolute atomic E-state index is 12.4. The van der Waals surface area contributed by atoms with Crippen molar-refractivity contribution in [1.29, 1.82) is 0 Å². The van der Waals surface area contributed by atoms with Crippen molar-refractivity contribution in [2.24, 2.45) is 0 Å². The Morgan fingerprint density at radius 3 is 2.57 bits per heavy atom. The Hall–Kier alpha value is -1.04. The van der Waals surface area contributed by atoms with Crippen molar-refractivity contribution in [3.63, 3.8) is 0 Å². The summed E-state index contributed by atoms with van der Waals surface area (Å²) in [7, 11) is 0. The first-order valence-electron chi connectivity index (χ1n) is 7.94. The Bertz CT molecular complexity index is 491. The Kier molecular flexibility index (Phi) is 8.09. The maximum Gasteiger partial charge on any atom is 0.228 e. The van der Waals surface area contributed by atoms with Gasteiger partial charge in [0.25, 0.3) is 0 Å². The van der Waals surface area contributed by atoms with Crippen molar-refractivity contribution >= 4 is 36.4 Å². The van der Waals surface area contributed by atoms with Crippen LogP contribution in [0.1, 0.15) is 31.4 Å². The summed E-state index contributed by atoms with van der Waals surface area (Å²) in [6.07, 6.45) is 7.07. The molecule has 2 aliphatic heterocycles. The summed E-state index contributed by atoms with van der Waals surface area (Å²) >= 11 is 0. The molecule has 3 heterocycles. The van der Waals surface area contributed by atoms with Crippen LogP contribution in [0, 0.1) is 0 Å². The molecule has 2 N–H and O–H groups in total. The second kappa shape index (κ2) is 9.30. The summed E-state index contributed by atoms with van der Waals surface area (Å²) in [4.78, 5) is 21.1. The van der Waals surface area contributed by atoms with Gasteiger partial charge < -0.3 is 10.6 Å². The molecule has 1 aromatic heterocycles. The molecule has 0 bridgehead atoms. The third-order valence-corrected chi connectivity index (χ3v) is 4.60. The number of hydrogen-bond donors (Lipinski definition) is 1. The maximum atomic E-state index is 12.4. The fraction of sp³-hybridized carbons (Fsp3) is 0.625. The average Bonchev–Trinajstić information content (AvgIpc) is 3.00. The number of carbonyl (C=O) groups is 1. The summed E-state index contributed by atoms with van der Waals surface area (Å²) in [6.45, 7) is 4.17. The molecule has 1 atom stereocenters. The molecule has 0 spiro atoms. The minimum absolute atomic E-state index is 0. The highest BCUT2D eigenvalue weighted by Crippen LogP contribution is 2.20. The zero-order valence-corrected chi connectivity index (χ0v) is 15.0. The van der Waals surface area contributed by atoms with Gasteiger partial charge in [-0.3, -0.25) is 14.7 Å². The number of nitrogen functional groups attached to an aromatic ring is 1. The molecule has 1 amide bonds. The van der Waals surface area contributed by atoms with E-state index in [9.17, 15) is 4.79 Å². The van der Waals surface area contributed by atoms with Gasteiger partial charge in [0.15, 0.2) is 0 Å². The largest absolute Gasteiger partial charge is 0.397 e. The van der Waals surface area contributed by atoms with Crippen LogP contribution in [0.5, 0.6) is 0 Å². The molecular weight excluding hydrogens is 335 g/mol. The number of piperidine rings is 1. The van der Waals surface area contributed by atoms with Crippen LogP contribution in [0.15, 0.2) is 18.3 Å². The minimum atomic E-state index is 0. The van der Waals surface area contributed by atoms with Gasteiger partial charge in [-0.05, 0) is 44.5 Å². The molecule has 2 saturated heterocycles. The van der Waals surface area contributed by atoms with Crippen molar-refractivity contribution in [2.75, 3.05) is 31.9 Å². The van der Waals surface area contributed by atoms with E-state index in [1.54, 1.807) is 12.3 Å². The number of aromatic nitrogens is 1. The van der Waals surface area contributed by atoms with Crippen LogP contribution in [-0.2, 0) is 11.2 Å². The zero-order chi connectivity index (χ0) is 14.7. The molecule has 3 rings (SSSR count). The number of halogens is 2. The normalized spacial score (nSPS) is 21.4. The zero-order valence-electron chi connectivity index (χ0n) is 13.3. The number of likely N-dealkylation sites (tertiary alicyclic amines) is 2. The van der Waals surface area contributed by atoms with Crippen LogP contribution in [0.4, 0.5) is 5.69 Å². The van der Waals surface area contributed by atoms with Crippen LogP contribution in [-0.4, -0.2) is 52.9 Å². The van der Waals surface area contributed by atoms with E-state index in [0.29, 0.717) is 18.2 Å². The standard InChI is InChI=1S/C16H24N4O.2ClH/c17-13-4-5-14(18-11-13)10-16(21)20-9-6-15(12-20)19-7-2-1-3-8-19;;/h4-5,11,15H,1-3,6-10,12,17H2;2*1H. The SMILES string of the molecule is Cl.Cl.Nc1ccc(CC(=O)N2CCC(N3CCCCC3)C2)nc1. The van der Waals surface area contributed by atoms with E-state index >= 15 is 0 Å². The van der Waals surface area contributed by atoms with E-state index in [-0.39, 0.29) is 30.7 Å². The Balaban J connectivity index is 0.00000132. The second-order valence-corrected chi connectivity index (χ2v) is 6.14. The number of rotatable bonds is 3. The predicted octanol–water partition coefficient (Wildman–Crippen LogP) is 2.14. The average molecular weight is 361 g/mol. The molecule has 1 aromatic rings. The number of nitrogens with two attached hydrogens (primary N) is 1. The highest BCUT2D eigenvalue weighted by Gasteiger charge is 2.30.